The minimum atomic E-state index is -1.96. The van der Waals surface area contributed by atoms with E-state index in [4.69, 9.17) is 8.85 Å². The van der Waals surface area contributed by atoms with Gasteiger partial charge < -0.3 is 8.85 Å². The van der Waals surface area contributed by atoms with Gasteiger partial charge in [-0.25, -0.2) is 9.59 Å². The van der Waals surface area contributed by atoms with Crippen molar-refractivity contribution in [3.63, 3.8) is 0 Å². The Morgan fingerprint density at radius 3 is 1.05 bits per heavy atom. The number of carbonyl (C=O) groups is 2. The van der Waals surface area contributed by atoms with Gasteiger partial charge in [0, 0.05) is 12.2 Å². The third-order valence-corrected chi connectivity index (χ3v) is 13.9. The Bertz CT molecular complexity index is 333. The third-order valence-electron chi connectivity index (χ3n) is 4.86. The fourth-order valence-corrected chi connectivity index (χ4v) is 7.42. The summed E-state index contributed by atoms with van der Waals surface area (Å²) in [5.41, 5.74) is 0. The monoisotopic (exact) mass is 344 g/mol. The van der Waals surface area contributed by atoms with Crippen LogP contribution >= 0.6 is 0 Å². The van der Waals surface area contributed by atoms with Gasteiger partial charge in [0.1, 0.15) is 0 Å². The zero-order valence-electron chi connectivity index (χ0n) is 15.0. The van der Waals surface area contributed by atoms with Gasteiger partial charge in [-0.1, -0.05) is 41.5 Å². The lowest BCUT2D eigenvalue weighted by atomic mass is 10.5. The summed E-state index contributed by atoms with van der Waals surface area (Å²) < 4.78 is 11.3. The van der Waals surface area contributed by atoms with Crippen LogP contribution in [0.3, 0.4) is 0 Å². The zero-order chi connectivity index (χ0) is 17.2. The summed E-state index contributed by atoms with van der Waals surface area (Å²) in [5.74, 6) is -0.822. The maximum atomic E-state index is 11.9. The van der Waals surface area contributed by atoms with Crippen molar-refractivity contribution in [3.05, 3.63) is 12.2 Å². The van der Waals surface area contributed by atoms with E-state index in [1.165, 1.54) is 12.2 Å². The SMILES string of the molecule is CC[Si](CC)(CC)OC(=O)/C=C/C(=O)O[Si](CC)(CC)CC. The summed E-state index contributed by atoms with van der Waals surface area (Å²) in [7, 11) is -3.93. The molecular weight excluding hydrogens is 312 g/mol. The topological polar surface area (TPSA) is 52.6 Å². The number of hydrogen-bond acceptors (Lipinski definition) is 4. The predicted octanol–water partition coefficient (Wildman–Crippen LogP) is 4.64. The predicted molar refractivity (Wildman–Crippen MR) is 95.7 cm³/mol. The molecule has 0 fully saturated rings. The lowest BCUT2D eigenvalue weighted by molar-refractivity contribution is -0.132. The first kappa shape index (κ1) is 21.1. The molecule has 0 saturated carbocycles. The first-order valence-corrected chi connectivity index (χ1v) is 13.6. The number of carbonyl (C=O) groups excluding carboxylic acids is 2. The van der Waals surface area contributed by atoms with Gasteiger partial charge in [0.05, 0.1) is 0 Å². The minimum Gasteiger partial charge on any atom is -0.516 e. The summed E-state index contributed by atoms with van der Waals surface area (Å²) in [6, 6.07) is 5.43. The lowest BCUT2D eigenvalue weighted by Crippen LogP contribution is -2.38. The molecule has 0 aliphatic rings. The fourth-order valence-electron chi connectivity index (χ4n) is 2.56. The first-order chi connectivity index (χ1) is 10.4. The molecule has 0 bridgehead atoms. The molecule has 0 amide bonds. The molecule has 0 aliphatic carbocycles. The van der Waals surface area contributed by atoms with Gasteiger partial charge in [0.25, 0.3) is 16.6 Å². The highest BCUT2D eigenvalue weighted by molar-refractivity contribution is 6.75. The molecule has 0 aromatic rings. The molecule has 0 heterocycles. The molecule has 0 spiro atoms. The average molecular weight is 345 g/mol. The quantitative estimate of drug-likeness (QED) is 0.428. The van der Waals surface area contributed by atoms with E-state index in [1.807, 2.05) is 0 Å². The van der Waals surface area contributed by atoms with Crippen molar-refractivity contribution in [2.75, 3.05) is 0 Å². The molecule has 0 aromatic heterocycles. The van der Waals surface area contributed by atoms with Crippen molar-refractivity contribution in [1.82, 2.24) is 0 Å². The van der Waals surface area contributed by atoms with Gasteiger partial charge in [0.15, 0.2) is 0 Å². The molecular formula is C16H32O4Si2. The molecule has 0 rings (SSSR count). The zero-order valence-corrected chi connectivity index (χ0v) is 17.0. The van der Waals surface area contributed by atoms with Crippen LogP contribution in [0.1, 0.15) is 41.5 Å². The fraction of sp³-hybridized carbons (Fsp3) is 0.750. The van der Waals surface area contributed by atoms with Crippen LogP contribution in [0.15, 0.2) is 12.2 Å². The molecule has 0 unspecified atom stereocenters. The van der Waals surface area contributed by atoms with Crippen molar-refractivity contribution in [2.24, 2.45) is 0 Å². The largest absolute Gasteiger partial charge is 0.516 e. The van der Waals surface area contributed by atoms with Crippen molar-refractivity contribution in [2.45, 2.75) is 77.8 Å². The molecule has 128 valence electrons. The molecule has 6 heteroatoms. The third kappa shape index (κ3) is 6.08. The Morgan fingerprint density at radius 2 is 0.864 bits per heavy atom. The molecule has 0 aromatic carbocycles. The second-order valence-electron chi connectivity index (χ2n) is 5.66. The van der Waals surface area contributed by atoms with E-state index in [0.717, 1.165) is 36.3 Å². The van der Waals surface area contributed by atoms with E-state index in [9.17, 15) is 9.59 Å². The minimum absolute atomic E-state index is 0.411. The summed E-state index contributed by atoms with van der Waals surface area (Å²) >= 11 is 0. The Labute approximate surface area is 137 Å². The van der Waals surface area contributed by atoms with E-state index in [0.29, 0.717) is 0 Å². The number of rotatable bonds is 10. The highest BCUT2D eigenvalue weighted by atomic mass is 28.4. The lowest BCUT2D eigenvalue weighted by Gasteiger charge is -2.27. The van der Waals surface area contributed by atoms with E-state index in [2.05, 4.69) is 41.5 Å². The van der Waals surface area contributed by atoms with E-state index < -0.39 is 28.6 Å². The van der Waals surface area contributed by atoms with Crippen LogP contribution < -0.4 is 0 Å². The molecule has 0 radical (unpaired) electrons. The Hall–Kier alpha value is -0.886. The van der Waals surface area contributed by atoms with E-state index in [1.54, 1.807) is 0 Å². The van der Waals surface area contributed by atoms with Crippen molar-refractivity contribution in [3.8, 4) is 0 Å². The van der Waals surface area contributed by atoms with Crippen LogP contribution in [0.5, 0.6) is 0 Å². The Balaban J connectivity index is 4.71. The number of hydrogen-bond donors (Lipinski definition) is 0. The van der Waals surface area contributed by atoms with Gasteiger partial charge in [0.2, 0.25) is 0 Å². The second kappa shape index (κ2) is 10.00. The summed E-state index contributed by atoms with van der Waals surface area (Å²) in [6.45, 7) is 12.4. The molecule has 0 atom stereocenters. The van der Waals surface area contributed by atoms with Crippen LogP contribution in [0, 0.1) is 0 Å². The second-order valence-corrected chi connectivity index (χ2v) is 15.0. The van der Waals surface area contributed by atoms with Crippen LogP contribution in [-0.4, -0.2) is 28.6 Å². The molecule has 4 nitrogen and oxygen atoms in total. The normalized spacial score (nSPS) is 12.5. The Kier molecular flexibility index (Phi) is 9.59. The maximum Gasteiger partial charge on any atom is 0.317 e. The standard InChI is InChI=1S/C16H32O4Si2/c1-7-21(8-2,9-3)19-15(17)13-14-16(18)20-22(10-4,11-5)12-6/h13-14H,7-12H2,1-6H3/b14-13+. The van der Waals surface area contributed by atoms with Gasteiger partial charge >= 0.3 is 11.9 Å². The van der Waals surface area contributed by atoms with Crippen LogP contribution in [0.25, 0.3) is 0 Å². The van der Waals surface area contributed by atoms with Gasteiger partial charge in [-0.2, -0.15) is 0 Å². The van der Waals surface area contributed by atoms with Gasteiger partial charge in [-0.3, -0.25) is 0 Å². The molecule has 0 aliphatic heterocycles. The van der Waals surface area contributed by atoms with Crippen LogP contribution in [-0.2, 0) is 18.4 Å². The smallest absolute Gasteiger partial charge is 0.317 e. The maximum absolute atomic E-state index is 11.9. The van der Waals surface area contributed by atoms with Crippen molar-refractivity contribution in [1.29, 1.82) is 0 Å². The van der Waals surface area contributed by atoms with E-state index >= 15 is 0 Å². The highest BCUT2D eigenvalue weighted by Crippen LogP contribution is 2.23. The first-order valence-electron chi connectivity index (χ1n) is 8.50. The molecule has 0 N–H and O–H groups in total. The Morgan fingerprint density at radius 1 is 0.636 bits per heavy atom. The van der Waals surface area contributed by atoms with E-state index in [-0.39, 0.29) is 0 Å². The van der Waals surface area contributed by atoms with Crippen LogP contribution in [0.2, 0.25) is 36.3 Å². The summed E-state index contributed by atoms with van der Waals surface area (Å²) in [5, 5.41) is 0. The molecule has 22 heavy (non-hydrogen) atoms. The summed E-state index contributed by atoms with van der Waals surface area (Å²) in [6.07, 6.45) is 2.45. The van der Waals surface area contributed by atoms with Gasteiger partial charge in [-0.15, -0.1) is 0 Å². The van der Waals surface area contributed by atoms with Crippen molar-refractivity contribution < 1.29 is 18.4 Å². The van der Waals surface area contributed by atoms with Crippen molar-refractivity contribution >= 4 is 28.6 Å². The average Bonchev–Trinajstić information content (AvgIpc) is 2.56. The van der Waals surface area contributed by atoms with Gasteiger partial charge in [-0.05, 0) is 36.3 Å². The summed E-state index contributed by atoms with van der Waals surface area (Å²) in [4.78, 5) is 23.9. The molecule has 0 saturated heterocycles. The van der Waals surface area contributed by atoms with Crippen LogP contribution in [0.4, 0.5) is 0 Å². The highest BCUT2D eigenvalue weighted by Gasteiger charge is 2.33.